The highest BCUT2D eigenvalue weighted by Gasteiger charge is 2.15. The van der Waals surface area contributed by atoms with Crippen LogP contribution in [0.2, 0.25) is 0 Å². The van der Waals surface area contributed by atoms with E-state index in [1.165, 1.54) is 12.1 Å². The number of hydrogen-bond donors (Lipinski definition) is 2. The Balaban J connectivity index is 2.86. The molecule has 0 aliphatic rings. The molecule has 4 heteroatoms. The minimum atomic E-state index is -0.282. The van der Waals surface area contributed by atoms with Crippen LogP contribution in [-0.2, 0) is 0 Å². The van der Waals surface area contributed by atoms with Gasteiger partial charge in [-0.15, -0.1) is 0 Å². The molecule has 0 spiro atoms. The number of hydrogen-bond acceptors (Lipinski definition) is 2. The van der Waals surface area contributed by atoms with E-state index in [9.17, 15) is 9.50 Å². The van der Waals surface area contributed by atoms with Gasteiger partial charge in [0.2, 0.25) is 0 Å². The summed E-state index contributed by atoms with van der Waals surface area (Å²) in [4.78, 5) is 0. The highest BCUT2D eigenvalue weighted by molar-refractivity contribution is 9.10. The van der Waals surface area contributed by atoms with Gasteiger partial charge in [-0.05, 0) is 31.0 Å². The van der Waals surface area contributed by atoms with Crippen molar-refractivity contribution >= 4 is 15.9 Å². The largest absolute Gasteiger partial charge is 0.394 e. The summed E-state index contributed by atoms with van der Waals surface area (Å²) < 4.78 is 13.6. The first-order valence-corrected chi connectivity index (χ1v) is 6.19. The van der Waals surface area contributed by atoms with Gasteiger partial charge in [-0.2, -0.15) is 0 Å². The standard InChI is InChI=1S/C12H17BrFNO/c1-3-8(2)15-12(7-16)10-5-4-9(14)6-11(10)13/h4-6,8,12,15-16H,3,7H2,1-2H3. The molecule has 0 aliphatic carbocycles. The smallest absolute Gasteiger partial charge is 0.124 e. The van der Waals surface area contributed by atoms with E-state index in [1.807, 2.05) is 0 Å². The van der Waals surface area contributed by atoms with Crippen LogP contribution in [0.15, 0.2) is 22.7 Å². The molecule has 2 nitrogen and oxygen atoms in total. The first kappa shape index (κ1) is 13.6. The Morgan fingerprint density at radius 1 is 1.50 bits per heavy atom. The third kappa shape index (κ3) is 3.54. The molecule has 2 N–H and O–H groups in total. The van der Waals surface area contributed by atoms with E-state index in [4.69, 9.17) is 0 Å². The fraction of sp³-hybridized carbons (Fsp3) is 0.500. The van der Waals surface area contributed by atoms with E-state index < -0.39 is 0 Å². The van der Waals surface area contributed by atoms with Crippen LogP contribution in [-0.4, -0.2) is 17.8 Å². The van der Waals surface area contributed by atoms with Crippen molar-refractivity contribution in [1.29, 1.82) is 0 Å². The molecule has 0 heterocycles. The summed E-state index contributed by atoms with van der Waals surface area (Å²) in [7, 11) is 0. The van der Waals surface area contributed by atoms with Gasteiger partial charge in [-0.1, -0.05) is 28.9 Å². The summed E-state index contributed by atoms with van der Waals surface area (Å²) in [6, 6.07) is 4.66. The molecule has 0 bridgehead atoms. The third-order valence-electron chi connectivity index (χ3n) is 2.62. The van der Waals surface area contributed by atoms with Crippen molar-refractivity contribution in [3.63, 3.8) is 0 Å². The van der Waals surface area contributed by atoms with Gasteiger partial charge in [0.15, 0.2) is 0 Å². The van der Waals surface area contributed by atoms with E-state index >= 15 is 0 Å². The van der Waals surface area contributed by atoms with Crippen molar-refractivity contribution in [3.8, 4) is 0 Å². The summed E-state index contributed by atoms with van der Waals surface area (Å²) >= 11 is 3.31. The predicted molar refractivity (Wildman–Crippen MR) is 66.8 cm³/mol. The Kier molecular flexibility index (Phi) is 5.38. The zero-order valence-electron chi connectivity index (χ0n) is 9.50. The second-order valence-corrected chi connectivity index (χ2v) is 4.73. The van der Waals surface area contributed by atoms with E-state index in [2.05, 4.69) is 35.1 Å². The molecule has 90 valence electrons. The van der Waals surface area contributed by atoms with Crippen molar-refractivity contribution in [2.24, 2.45) is 0 Å². The Morgan fingerprint density at radius 2 is 2.19 bits per heavy atom. The zero-order valence-corrected chi connectivity index (χ0v) is 11.1. The minimum Gasteiger partial charge on any atom is -0.394 e. The third-order valence-corrected chi connectivity index (χ3v) is 3.31. The maximum Gasteiger partial charge on any atom is 0.124 e. The van der Waals surface area contributed by atoms with Crippen LogP contribution in [0.4, 0.5) is 4.39 Å². The number of aliphatic hydroxyl groups is 1. The van der Waals surface area contributed by atoms with Crippen LogP contribution in [0.3, 0.4) is 0 Å². The normalized spacial score (nSPS) is 14.8. The monoisotopic (exact) mass is 289 g/mol. The lowest BCUT2D eigenvalue weighted by Gasteiger charge is -2.22. The van der Waals surface area contributed by atoms with Gasteiger partial charge in [0, 0.05) is 10.5 Å². The average molecular weight is 290 g/mol. The van der Waals surface area contributed by atoms with Crippen molar-refractivity contribution in [2.75, 3.05) is 6.61 Å². The minimum absolute atomic E-state index is 0.00538. The van der Waals surface area contributed by atoms with Crippen molar-refractivity contribution in [3.05, 3.63) is 34.1 Å². The summed E-state index contributed by atoms with van der Waals surface area (Å²) in [6.07, 6.45) is 0.981. The molecule has 0 saturated carbocycles. The molecule has 0 aliphatic heterocycles. The van der Waals surface area contributed by atoms with E-state index in [-0.39, 0.29) is 18.5 Å². The summed E-state index contributed by atoms with van der Waals surface area (Å²) in [6.45, 7) is 4.13. The molecule has 1 rings (SSSR count). The average Bonchev–Trinajstić information content (AvgIpc) is 2.26. The number of benzene rings is 1. The molecule has 0 saturated heterocycles. The molecule has 0 amide bonds. The molecular weight excluding hydrogens is 273 g/mol. The van der Waals surface area contributed by atoms with Gasteiger partial charge in [-0.3, -0.25) is 0 Å². The van der Waals surface area contributed by atoms with Crippen molar-refractivity contribution in [1.82, 2.24) is 5.32 Å². The van der Waals surface area contributed by atoms with Gasteiger partial charge >= 0.3 is 0 Å². The SMILES string of the molecule is CCC(C)NC(CO)c1ccc(F)cc1Br. The lowest BCUT2D eigenvalue weighted by molar-refractivity contribution is 0.233. The first-order valence-electron chi connectivity index (χ1n) is 5.40. The van der Waals surface area contributed by atoms with Crippen LogP contribution in [0.25, 0.3) is 0 Å². The zero-order chi connectivity index (χ0) is 12.1. The van der Waals surface area contributed by atoms with Crippen LogP contribution < -0.4 is 5.32 Å². The van der Waals surface area contributed by atoms with Gasteiger partial charge in [0.1, 0.15) is 5.82 Å². The maximum absolute atomic E-state index is 12.9. The van der Waals surface area contributed by atoms with Gasteiger partial charge in [0.05, 0.1) is 12.6 Å². The number of rotatable bonds is 5. The van der Waals surface area contributed by atoms with Crippen LogP contribution in [0.1, 0.15) is 31.9 Å². The van der Waals surface area contributed by atoms with E-state index in [0.717, 1.165) is 12.0 Å². The fourth-order valence-electron chi connectivity index (χ4n) is 1.49. The Hall–Kier alpha value is -0.450. The van der Waals surface area contributed by atoms with Crippen LogP contribution in [0, 0.1) is 5.82 Å². The Labute approximate surface area is 104 Å². The lowest BCUT2D eigenvalue weighted by atomic mass is 10.1. The molecule has 2 atom stereocenters. The lowest BCUT2D eigenvalue weighted by Crippen LogP contribution is -2.32. The molecule has 1 aromatic rings. The van der Waals surface area contributed by atoms with Crippen LogP contribution >= 0.6 is 15.9 Å². The number of halogens is 2. The first-order chi connectivity index (χ1) is 7.58. The quantitative estimate of drug-likeness (QED) is 0.873. The predicted octanol–water partition coefficient (Wildman–Crippen LogP) is 3.01. The molecule has 0 aromatic heterocycles. The summed E-state index contributed by atoms with van der Waals surface area (Å²) in [5.74, 6) is -0.282. The molecule has 2 unspecified atom stereocenters. The summed E-state index contributed by atoms with van der Waals surface area (Å²) in [5.41, 5.74) is 0.879. The van der Waals surface area contributed by atoms with Gasteiger partial charge in [-0.25, -0.2) is 4.39 Å². The van der Waals surface area contributed by atoms with Crippen LogP contribution in [0.5, 0.6) is 0 Å². The molecular formula is C12H17BrFNO. The molecule has 16 heavy (non-hydrogen) atoms. The number of aliphatic hydroxyl groups excluding tert-OH is 1. The van der Waals surface area contributed by atoms with Crippen molar-refractivity contribution in [2.45, 2.75) is 32.4 Å². The fourth-order valence-corrected chi connectivity index (χ4v) is 2.11. The number of nitrogens with one attached hydrogen (secondary N) is 1. The molecule has 1 aromatic carbocycles. The molecule has 0 radical (unpaired) electrons. The maximum atomic E-state index is 12.9. The van der Waals surface area contributed by atoms with E-state index in [0.29, 0.717) is 10.5 Å². The summed E-state index contributed by atoms with van der Waals surface area (Å²) in [5, 5.41) is 12.6. The highest BCUT2D eigenvalue weighted by Crippen LogP contribution is 2.24. The highest BCUT2D eigenvalue weighted by atomic mass is 79.9. The van der Waals surface area contributed by atoms with Gasteiger partial charge < -0.3 is 10.4 Å². The van der Waals surface area contributed by atoms with Gasteiger partial charge in [0.25, 0.3) is 0 Å². The Bertz CT molecular complexity index is 346. The second-order valence-electron chi connectivity index (χ2n) is 3.88. The topological polar surface area (TPSA) is 32.3 Å². The second kappa shape index (κ2) is 6.33. The van der Waals surface area contributed by atoms with Crippen molar-refractivity contribution < 1.29 is 9.50 Å². The Morgan fingerprint density at radius 3 is 2.69 bits per heavy atom. The molecule has 0 fully saturated rings. The van der Waals surface area contributed by atoms with E-state index in [1.54, 1.807) is 6.07 Å².